The van der Waals surface area contributed by atoms with Gasteiger partial charge in [-0.1, -0.05) is 0 Å². The highest BCUT2D eigenvalue weighted by atomic mass is 19.4. The Morgan fingerprint density at radius 1 is 0.610 bits per heavy atom. The minimum atomic E-state index is -5.26. The van der Waals surface area contributed by atoms with Gasteiger partial charge in [0.1, 0.15) is 23.2 Å². The van der Waals surface area contributed by atoms with Gasteiger partial charge >= 0.3 is 18.5 Å². The first-order valence-electron chi connectivity index (χ1n) is 11.6. The van der Waals surface area contributed by atoms with Crippen LogP contribution in [0.2, 0.25) is 0 Å². The largest absolute Gasteiger partial charge is 0.497 e. The van der Waals surface area contributed by atoms with Crippen LogP contribution in [0.15, 0.2) is 36.7 Å². The number of alkyl halides is 9. The number of aryl methyl sites for hydroxylation is 2. The number of methoxy groups -OCH3 is 1. The van der Waals surface area contributed by atoms with Crippen molar-refractivity contribution in [2.24, 2.45) is 0 Å². The smallest absolute Gasteiger partial charge is 0.450 e. The van der Waals surface area contributed by atoms with Crippen molar-refractivity contribution in [1.82, 2.24) is 29.1 Å². The van der Waals surface area contributed by atoms with Crippen molar-refractivity contribution >= 4 is 0 Å². The van der Waals surface area contributed by atoms with Gasteiger partial charge in [0.25, 0.3) is 0 Å². The van der Waals surface area contributed by atoms with Crippen LogP contribution in [-0.4, -0.2) is 36.2 Å². The summed E-state index contributed by atoms with van der Waals surface area (Å²) in [5.41, 5.74) is -3.27. The van der Waals surface area contributed by atoms with Gasteiger partial charge < -0.3 is 4.74 Å². The zero-order chi connectivity index (χ0) is 30.7. The molecule has 0 aliphatic carbocycles. The Morgan fingerprint density at radius 2 is 1.12 bits per heavy atom. The molecule has 0 spiro atoms. The van der Waals surface area contributed by atoms with E-state index in [2.05, 4.69) is 19.9 Å². The number of ether oxygens (including phenoxy) is 1. The maximum Gasteiger partial charge on any atom is 0.450 e. The van der Waals surface area contributed by atoms with E-state index in [1.165, 1.54) is 26.2 Å². The molecule has 0 radical (unpaired) electrons. The molecule has 0 fully saturated rings. The van der Waals surface area contributed by atoms with E-state index in [0.29, 0.717) is 5.56 Å². The Bertz CT molecular complexity index is 1600. The summed E-state index contributed by atoms with van der Waals surface area (Å²) in [7, 11) is 1.21. The Morgan fingerprint density at radius 3 is 1.63 bits per heavy atom. The van der Waals surface area contributed by atoms with Crippen LogP contribution in [0.3, 0.4) is 0 Å². The molecule has 4 heterocycles. The van der Waals surface area contributed by atoms with Gasteiger partial charge in [0, 0.05) is 29.9 Å². The second-order valence-corrected chi connectivity index (χ2v) is 9.62. The van der Waals surface area contributed by atoms with Crippen LogP contribution < -0.4 is 4.74 Å². The summed E-state index contributed by atoms with van der Waals surface area (Å²) in [6.45, 7) is 6.20. The molecule has 0 aliphatic heterocycles. The van der Waals surface area contributed by atoms with Crippen LogP contribution in [0.5, 0.6) is 5.75 Å². The summed E-state index contributed by atoms with van der Waals surface area (Å²) in [4.78, 5) is 15.0. The average molecular weight is 592 g/mol. The second kappa shape index (κ2) is 9.76. The van der Waals surface area contributed by atoms with Crippen LogP contribution in [0.25, 0.3) is 11.6 Å². The van der Waals surface area contributed by atoms with Crippen LogP contribution in [0, 0.1) is 13.8 Å². The maximum absolute atomic E-state index is 13.7. The predicted molar refractivity (Wildman–Crippen MR) is 126 cm³/mol. The highest BCUT2D eigenvalue weighted by Gasteiger charge is 2.43. The number of nitrogens with zero attached hydrogens (tertiary/aromatic N) is 6. The van der Waals surface area contributed by atoms with E-state index in [1.54, 1.807) is 26.8 Å². The number of pyridine rings is 2. The normalized spacial score (nSPS) is 13.1. The first-order chi connectivity index (χ1) is 18.7. The number of halogens is 9. The lowest BCUT2D eigenvalue weighted by atomic mass is 9.84. The van der Waals surface area contributed by atoms with Crippen molar-refractivity contribution in [3.8, 4) is 17.4 Å². The fourth-order valence-corrected chi connectivity index (χ4v) is 4.01. The fourth-order valence-electron chi connectivity index (χ4n) is 4.01. The second-order valence-electron chi connectivity index (χ2n) is 9.62. The Hall–Kier alpha value is -4.11. The molecular formula is C25H21F9N6O. The molecule has 0 saturated carbocycles. The van der Waals surface area contributed by atoms with Crippen LogP contribution in [-0.2, 0) is 23.9 Å². The first-order valence-corrected chi connectivity index (χ1v) is 11.6. The van der Waals surface area contributed by atoms with Crippen molar-refractivity contribution in [1.29, 1.82) is 0 Å². The molecule has 4 aromatic rings. The summed E-state index contributed by atoms with van der Waals surface area (Å²) in [5.74, 6) is -2.35. The zero-order valence-corrected chi connectivity index (χ0v) is 22.0. The minimum absolute atomic E-state index is 0.00114. The molecule has 41 heavy (non-hydrogen) atoms. The van der Waals surface area contributed by atoms with Crippen molar-refractivity contribution in [3.05, 3.63) is 76.6 Å². The van der Waals surface area contributed by atoms with E-state index in [4.69, 9.17) is 4.74 Å². The monoisotopic (exact) mass is 592 g/mol. The summed E-state index contributed by atoms with van der Waals surface area (Å²) in [5, 5.41) is 0. The van der Waals surface area contributed by atoms with E-state index in [9.17, 15) is 39.5 Å². The lowest BCUT2D eigenvalue weighted by Crippen LogP contribution is -2.24. The van der Waals surface area contributed by atoms with Gasteiger partial charge in [-0.15, -0.1) is 0 Å². The fraction of sp³-hybridized carbons (Fsp3) is 0.360. The lowest BCUT2D eigenvalue weighted by Gasteiger charge is -2.26. The Labute approximate surface area is 226 Å². The highest BCUT2D eigenvalue weighted by molar-refractivity contribution is 5.44. The minimum Gasteiger partial charge on any atom is -0.497 e. The molecule has 0 saturated heterocycles. The Balaban J connectivity index is 1.88. The molecule has 0 aliphatic rings. The number of rotatable bonds is 5. The third-order valence-corrected chi connectivity index (χ3v) is 6.17. The third kappa shape index (κ3) is 5.86. The quantitative estimate of drug-likeness (QED) is 0.237. The van der Waals surface area contributed by atoms with E-state index >= 15 is 0 Å². The highest BCUT2D eigenvalue weighted by Crippen LogP contribution is 2.38. The maximum atomic E-state index is 13.7. The number of imidazole rings is 2. The van der Waals surface area contributed by atoms with E-state index in [-0.39, 0.29) is 39.5 Å². The van der Waals surface area contributed by atoms with Crippen LogP contribution in [0.1, 0.15) is 53.8 Å². The number of aromatic nitrogens is 6. The van der Waals surface area contributed by atoms with Crippen molar-refractivity contribution in [2.75, 3.05) is 7.11 Å². The zero-order valence-electron chi connectivity index (χ0n) is 22.0. The molecule has 7 nitrogen and oxygen atoms in total. The molecule has 220 valence electrons. The van der Waals surface area contributed by atoms with Gasteiger partial charge in [0.2, 0.25) is 5.82 Å². The number of hydrogen-bond donors (Lipinski definition) is 0. The van der Waals surface area contributed by atoms with Crippen LogP contribution >= 0.6 is 0 Å². The Kier molecular flexibility index (Phi) is 7.11. The summed E-state index contributed by atoms with van der Waals surface area (Å²) < 4.78 is 127. The van der Waals surface area contributed by atoms with E-state index in [1.807, 2.05) is 0 Å². The van der Waals surface area contributed by atoms with Gasteiger partial charge in [0.05, 0.1) is 18.5 Å². The van der Waals surface area contributed by atoms with Gasteiger partial charge in [0.15, 0.2) is 11.4 Å². The van der Waals surface area contributed by atoms with Crippen LogP contribution in [0.4, 0.5) is 39.5 Å². The SMILES string of the molecule is COc1cc(-n2cc(C(F)(F)F)nc2C(F)(F)F)nc(C(C)(C)c2cc(C)cc(-n3cc(C(F)(F)F)nc3C)n2)c1. The summed E-state index contributed by atoms with van der Waals surface area (Å²) in [6.07, 6.45) is -14.1. The topological polar surface area (TPSA) is 70.7 Å². The van der Waals surface area contributed by atoms with Crippen molar-refractivity contribution in [2.45, 2.75) is 51.6 Å². The molecule has 4 aromatic heterocycles. The number of hydrogen-bond acceptors (Lipinski definition) is 5. The molecule has 0 unspecified atom stereocenters. The molecule has 16 heteroatoms. The summed E-state index contributed by atoms with van der Waals surface area (Å²) >= 11 is 0. The molecular weight excluding hydrogens is 571 g/mol. The third-order valence-electron chi connectivity index (χ3n) is 6.17. The van der Waals surface area contributed by atoms with E-state index in [0.717, 1.165) is 16.8 Å². The summed E-state index contributed by atoms with van der Waals surface area (Å²) in [6, 6.07) is 5.49. The predicted octanol–water partition coefficient (Wildman–Crippen LogP) is 6.86. The standard InChI is InChI=1S/C25H21F9N6O/c1-12-6-15(36-19(7-12)39-10-17(23(26,27)28)35-13(39)2)22(3,4)16-8-14(41-5)9-20(37-16)40-11-18(24(29,30)31)38-21(40)25(32,33)34/h6-11H,1-5H3. The van der Waals surface area contributed by atoms with Crippen molar-refractivity contribution < 1.29 is 44.3 Å². The van der Waals surface area contributed by atoms with Gasteiger partial charge in [-0.25, -0.2) is 19.9 Å². The molecule has 0 amide bonds. The molecule has 0 N–H and O–H groups in total. The molecule has 0 atom stereocenters. The molecule has 4 rings (SSSR count). The average Bonchev–Trinajstić information content (AvgIpc) is 3.48. The molecule has 0 aromatic carbocycles. The van der Waals surface area contributed by atoms with Crippen molar-refractivity contribution in [3.63, 3.8) is 0 Å². The first kappa shape index (κ1) is 29.9. The molecule has 0 bridgehead atoms. The van der Waals surface area contributed by atoms with Gasteiger partial charge in [-0.05, 0) is 45.4 Å². The van der Waals surface area contributed by atoms with Gasteiger partial charge in [-0.2, -0.15) is 39.5 Å². The van der Waals surface area contributed by atoms with Gasteiger partial charge in [-0.3, -0.25) is 9.13 Å². The van der Waals surface area contributed by atoms with E-state index < -0.39 is 47.0 Å². The lowest BCUT2D eigenvalue weighted by molar-refractivity contribution is -0.150.